The quantitative estimate of drug-likeness (QED) is 0.668. The molecule has 1 aliphatic carbocycles. The van der Waals surface area contributed by atoms with Crippen molar-refractivity contribution in [3.8, 4) is 0 Å². The van der Waals surface area contributed by atoms with E-state index in [1.54, 1.807) is 17.9 Å². The average Bonchev–Trinajstić information content (AvgIpc) is 2.56. The molecule has 2 N–H and O–H groups in total. The van der Waals surface area contributed by atoms with Gasteiger partial charge in [0.1, 0.15) is 0 Å². The van der Waals surface area contributed by atoms with Crippen molar-refractivity contribution in [3.05, 3.63) is 23.3 Å². The van der Waals surface area contributed by atoms with Gasteiger partial charge in [0.2, 0.25) is 5.91 Å². The third-order valence-electron chi connectivity index (χ3n) is 3.25. The van der Waals surface area contributed by atoms with E-state index in [4.69, 9.17) is 0 Å². The molecule has 3 atom stereocenters. The highest BCUT2D eigenvalue weighted by molar-refractivity contribution is 5.75. The first kappa shape index (κ1) is 11.4. The van der Waals surface area contributed by atoms with E-state index in [-0.39, 0.29) is 11.9 Å². The molecule has 3 unspecified atom stereocenters. The Morgan fingerprint density at radius 3 is 2.88 bits per heavy atom. The van der Waals surface area contributed by atoms with Crippen LogP contribution in [0, 0.1) is 0 Å². The summed E-state index contributed by atoms with van der Waals surface area (Å²) < 4.78 is 0. The monoisotopic (exact) mass is 223 g/mol. The van der Waals surface area contributed by atoms with E-state index in [2.05, 4.69) is 0 Å². The van der Waals surface area contributed by atoms with Crippen molar-refractivity contribution in [1.29, 1.82) is 0 Å². The first-order valence-electron chi connectivity index (χ1n) is 5.58. The molecule has 16 heavy (non-hydrogen) atoms. The second-order valence-corrected chi connectivity index (χ2v) is 4.39. The lowest BCUT2D eigenvalue weighted by Gasteiger charge is -2.35. The number of rotatable bonds is 1. The Hall–Kier alpha value is -1.13. The molecule has 0 aromatic carbocycles. The molecule has 0 fully saturated rings. The van der Waals surface area contributed by atoms with Crippen LogP contribution in [0.3, 0.4) is 0 Å². The van der Waals surface area contributed by atoms with Crippen LogP contribution in [0.25, 0.3) is 0 Å². The van der Waals surface area contributed by atoms with E-state index >= 15 is 0 Å². The van der Waals surface area contributed by atoms with Gasteiger partial charge in [-0.15, -0.1) is 0 Å². The van der Waals surface area contributed by atoms with E-state index in [1.807, 2.05) is 6.08 Å². The van der Waals surface area contributed by atoms with Crippen molar-refractivity contribution in [2.75, 3.05) is 6.54 Å². The summed E-state index contributed by atoms with van der Waals surface area (Å²) in [6, 6.07) is -0.296. The highest BCUT2D eigenvalue weighted by atomic mass is 16.3. The number of nitrogens with zero attached hydrogens (tertiary/aromatic N) is 1. The Morgan fingerprint density at radius 2 is 2.31 bits per heavy atom. The van der Waals surface area contributed by atoms with Gasteiger partial charge in [0.15, 0.2) is 0 Å². The van der Waals surface area contributed by atoms with Crippen molar-refractivity contribution < 1.29 is 15.0 Å². The Bertz CT molecular complexity index is 370. The van der Waals surface area contributed by atoms with Gasteiger partial charge in [0, 0.05) is 13.5 Å². The summed E-state index contributed by atoms with van der Waals surface area (Å²) in [5.41, 5.74) is 1.66. The fraction of sp³-hybridized carbons (Fsp3) is 0.583. The lowest BCUT2D eigenvalue weighted by Crippen LogP contribution is -2.47. The van der Waals surface area contributed by atoms with Crippen molar-refractivity contribution in [2.45, 2.75) is 38.5 Å². The fourth-order valence-electron chi connectivity index (χ4n) is 2.55. The Balaban J connectivity index is 2.33. The van der Waals surface area contributed by atoms with Crippen LogP contribution in [0.2, 0.25) is 0 Å². The van der Waals surface area contributed by atoms with E-state index in [0.29, 0.717) is 6.54 Å². The molecule has 0 bridgehead atoms. The molecule has 0 saturated heterocycles. The molecule has 0 aromatic heterocycles. The third kappa shape index (κ3) is 1.68. The van der Waals surface area contributed by atoms with Gasteiger partial charge in [-0.3, -0.25) is 4.79 Å². The molecular weight excluding hydrogens is 206 g/mol. The first-order valence-corrected chi connectivity index (χ1v) is 5.58. The molecule has 1 aliphatic heterocycles. The Labute approximate surface area is 94.9 Å². The van der Waals surface area contributed by atoms with Crippen LogP contribution in [0.15, 0.2) is 23.3 Å². The highest BCUT2D eigenvalue weighted by Crippen LogP contribution is 2.35. The summed E-state index contributed by atoms with van der Waals surface area (Å²) in [5, 5.41) is 19.6. The summed E-state index contributed by atoms with van der Waals surface area (Å²) in [7, 11) is 0. The second kappa shape index (κ2) is 4.03. The summed E-state index contributed by atoms with van der Waals surface area (Å²) in [5.74, 6) is -0.0325. The number of aliphatic hydroxyl groups is 2. The van der Waals surface area contributed by atoms with Gasteiger partial charge in [0.25, 0.3) is 0 Å². The van der Waals surface area contributed by atoms with Crippen molar-refractivity contribution in [3.63, 3.8) is 0 Å². The second-order valence-electron chi connectivity index (χ2n) is 4.39. The van der Waals surface area contributed by atoms with Gasteiger partial charge in [0.05, 0.1) is 18.2 Å². The van der Waals surface area contributed by atoms with Crippen LogP contribution in [0.4, 0.5) is 0 Å². The largest absolute Gasteiger partial charge is 0.389 e. The Morgan fingerprint density at radius 1 is 1.62 bits per heavy atom. The molecular formula is C12H17NO3. The highest BCUT2D eigenvalue weighted by Gasteiger charge is 2.39. The number of hydrogen-bond acceptors (Lipinski definition) is 3. The SMILES string of the molecule is CC(=O)N1CCC=C2C(C(C)O)=CC(O)C21. The van der Waals surface area contributed by atoms with Crippen LogP contribution in [-0.4, -0.2) is 45.8 Å². The minimum Gasteiger partial charge on any atom is -0.389 e. The number of carbonyl (C=O) groups is 1. The number of carbonyl (C=O) groups excluding carboxylic acids is 1. The van der Waals surface area contributed by atoms with Crippen molar-refractivity contribution in [1.82, 2.24) is 4.90 Å². The number of amides is 1. The van der Waals surface area contributed by atoms with Crippen LogP contribution < -0.4 is 0 Å². The van der Waals surface area contributed by atoms with Crippen LogP contribution >= 0.6 is 0 Å². The maximum atomic E-state index is 11.5. The zero-order chi connectivity index (χ0) is 11.9. The summed E-state index contributed by atoms with van der Waals surface area (Å²) in [4.78, 5) is 13.1. The minimum absolute atomic E-state index is 0.0325. The van der Waals surface area contributed by atoms with E-state index in [0.717, 1.165) is 17.6 Å². The lowest BCUT2D eigenvalue weighted by atomic mass is 9.95. The molecule has 0 radical (unpaired) electrons. The number of aliphatic hydroxyl groups excluding tert-OH is 2. The van der Waals surface area contributed by atoms with Gasteiger partial charge in [-0.05, 0) is 30.6 Å². The molecule has 4 heteroatoms. The molecule has 2 aliphatic rings. The van der Waals surface area contributed by atoms with E-state index in [1.165, 1.54) is 6.92 Å². The topological polar surface area (TPSA) is 60.8 Å². The molecule has 0 spiro atoms. The fourth-order valence-corrected chi connectivity index (χ4v) is 2.55. The van der Waals surface area contributed by atoms with Crippen molar-refractivity contribution in [2.24, 2.45) is 0 Å². The van der Waals surface area contributed by atoms with Crippen molar-refractivity contribution >= 4 is 5.91 Å². The van der Waals surface area contributed by atoms with E-state index in [9.17, 15) is 15.0 Å². The first-order chi connectivity index (χ1) is 7.52. The smallest absolute Gasteiger partial charge is 0.220 e. The zero-order valence-corrected chi connectivity index (χ0v) is 9.55. The lowest BCUT2D eigenvalue weighted by molar-refractivity contribution is -0.132. The molecule has 0 aromatic rings. The number of hydrogen-bond donors (Lipinski definition) is 2. The third-order valence-corrected chi connectivity index (χ3v) is 3.25. The minimum atomic E-state index is -0.694. The van der Waals surface area contributed by atoms with Gasteiger partial charge in [-0.1, -0.05) is 6.08 Å². The predicted molar refractivity (Wildman–Crippen MR) is 59.6 cm³/mol. The van der Waals surface area contributed by atoms with Gasteiger partial charge >= 0.3 is 0 Å². The Kier molecular flexibility index (Phi) is 2.86. The molecule has 1 amide bonds. The molecule has 2 rings (SSSR count). The molecule has 1 heterocycles. The summed E-state index contributed by atoms with van der Waals surface area (Å²) in [6.45, 7) is 3.83. The maximum Gasteiger partial charge on any atom is 0.220 e. The molecule has 88 valence electrons. The summed E-state index contributed by atoms with van der Waals surface area (Å²) in [6.07, 6.45) is 3.15. The van der Waals surface area contributed by atoms with Gasteiger partial charge < -0.3 is 15.1 Å². The van der Waals surface area contributed by atoms with Gasteiger partial charge in [-0.25, -0.2) is 0 Å². The number of fused-ring (bicyclic) bond motifs is 1. The predicted octanol–water partition coefficient (Wildman–Crippen LogP) is 0.215. The summed E-state index contributed by atoms with van der Waals surface area (Å²) >= 11 is 0. The van der Waals surface area contributed by atoms with Gasteiger partial charge in [-0.2, -0.15) is 0 Å². The molecule has 0 saturated carbocycles. The molecule has 4 nitrogen and oxygen atoms in total. The van der Waals surface area contributed by atoms with Crippen LogP contribution in [0.1, 0.15) is 20.3 Å². The normalized spacial score (nSPS) is 30.6. The van der Waals surface area contributed by atoms with Crippen LogP contribution in [-0.2, 0) is 4.79 Å². The maximum absolute atomic E-state index is 11.5. The standard InChI is InChI=1S/C12H17NO3/c1-7(14)10-6-11(16)12-9(10)4-3-5-13(12)8(2)15/h4,6-7,11-12,14,16H,3,5H2,1-2H3. The van der Waals surface area contributed by atoms with E-state index < -0.39 is 12.2 Å². The average molecular weight is 223 g/mol. The zero-order valence-electron chi connectivity index (χ0n) is 9.55. The van der Waals surface area contributed by atoms with Crippen LogP contribution in [0.5, 0.6) is 0 Å².